The van der Waals surface area contributed by atoms with Crippen molar-refractivity contribution < 1.29 is 23.1 Å². The van der Waals surface area contributed by atoms with Crippen LogP contribution in [0.3, 0.4) is 0 Å². The maximum absolute atomic E-state index is 11.9. The molecule has 0 unspecified atom stereocenters. The largest absolute Gasteiger partial charge is 0.573 e. The molecule has 82 valence electrons. The van der Waals surface area contributed by atoms with Crippen LogP contribution in [0.1, 0.15) is 5.56 Å². The van der Waals surface area contributed by atoms with Crippen molar-refractivity contribution in [1.82, 2.24) is 0 Å². The molecular formula is C8H5ClF3NO2. The summed E-state index contributed by atoms with van der Waals surface area (Å²) in [5.74, 6) is -0.521. The fraction of sp³-hybridized carbons (Fsp3) is 0.125. The Balaban J connectivity index is 3.07. The van der Waals surface area contributed by atoms with Crippen molar-refractivity contribution in [1.29, 1.82) is 0 Å². The third kappa shape index (κ3) is 3.32. The highest BCUT2D eigenvalue weighted by Crippen LogP contribution is 2.27. The van der Waals surface area contributed by atoms with Crippen LogP contribution in [0, 0.1) is 0 Å². The fourth-order valence-electron chi connectivity index (χ4n) is 0.905. The van der Waals surface area contributed by atoms with E-state index in [9.17, 15) is 13.2 Å². The van der Waals surface area contributed by atoms with Crippen LogP contribution in [0.5, 0.6) is 5.75 Å². The van der Waals surface area contributed by atoms with Gasteiger partial charge >= 0.3 is 6.36 Å². The molecule has 0 radical (unpaired) electrons. The first-order valence-electron chi connectivity index (χ1n) is 3.67. The minimum atomic E-state index is -4.82. The number of halogens is 4. The van der Waals surface area contributed by atoms with Crippen LogP contribution in [0.2, 0.25) is 0 Å². The van der Waals surface area contributed by atoms with Gasteiger partial charge in [-0.25, -0.2) is 0 Å². The van der Waals surface area contributed by atoms with Gasteiger partial charge in [-0.1, -0.05) is 28.9 Å². The summed E-state index contributed by atoms with van der Waals surface area (Å²) in [5.41, 5.74) is -0.140. The lowest BCUT2D eigenvalue weighted by molar-refractivity contribution is -0.274. The summed E-state index contributed by atoms with van der Waals surface area (Å²) < 4.78 is 39.4. The number of hydrogen-bond donors (Lipinski definition) is 1. The Morgan fingerprint density at radius 2 is 1.93 bits per heavy atom. The van der Waals surface area contributed by atoms with E-state index in [0.29, 0.717) is 0 Å². The second-order valence-corrected chi connectivity index (χ2v) is 2.79. The number of rotatable bonds is 2. The number of alkyl halides is 3. The third-order valence-corrected chi connectivity index (χ3v) is 1.70. The van der Waals surface area contributed by atoms with E-state index in [1.165, 1.54) is 18.2 Å². The topological polar surface area (TPSA) is 41.8 Å². The molecule has 0 spiro atoms. The zero-order chi connectivity index (χ0) is 11.5. The molecule has 0 aromatic heterocycles. The molecule has 0 fully saturated rings. The van der Waals surface area contributed by atoms with Crippen molar-refractivity contribution in [2.75, 3.05) is 0 Å². The zero-order valence-electron chi connectivity index (χ0n) is 7.12. The van der Waals surface area contributed by atoms with E-state index in [4.69, 9.17) is 16.8 Å². The van der Waals surface area contributed by atoms with E-state index in [-0.39, 0.29) is 5.56 Å². The maximum Gasteiger partial charge on any atom is 0.573 e. The van der Waals surface area contributed by atoms with Gasteiger partial charge in [0.05, 0.1) is 5.56 Å². The molecule has 0 amide bonds. The highest BCUT2D eigenvalue weighted by atomic mass is 35.5. The first-order chi connectivity index (χ1) is 6.94. The van der Waals surface area contributed by atoms with Crippen LogP contribution in [0.15, 0.2) is 29.4 Å². The summed E-state index contributed by atoms with van der Waals surface area (Å²) >= 11 is 5.38. The summed E-state index contributed by atoms with van der Waals surface area (Å²) in [6.45, 7) is 0. The lowest BCUT2D eigenvalue weighted by Gasteiger charge is -2.11. The van der Waals surface area contributed by atoms with E-state index < -0.39 is 17.3 Å². The first kappa shape index (κ1) is 11.6. The molecule has 0 saturated carbocycles. The lowest BCUT2D eigenvalue weighted by Crippen LogP contribution is -2.18. The van der Waals surface area contributed by atoms with Crippen molar-refractivity contribution >= 4 is 16.8 Å². The summed E-state index contributed by atoms with van der Waals surface area (Å²) in [4.78, 5) is 0. The molecule has 7 heteroatoms. The Morgan fingerprint density at radius 1 is 1.33 bits per heavy atom. The minimum Gasteiger partial charge on any atom is -0.410 e. The Labute approximate surface area is 87.7 Å². The van der Waals surface area contributed by atoms with E-state index in [1.807, 2.05) is 0 Å². The Hall–Kier alpha value is -1.43. The normalized spacial score (nSPS) is 12.7. The van der Waals surface area contributed by atoms with Crippen LogP contribution in [-0.2, 0) is 0 Å². The van der Waals surface area contributed by atoms with Gasteiger partial charge in [0.2, 0.25) is 0 Å². The standard InChI is InChI=1S/C8H5ClF3NO2/c9-7(13-14)5-3-1-2-4-6(5)15-8(10,11)12/h1-4,14H/b13-7-. The first-order valence-corrected chi connectivity index (χ1v) is 4.04. The molecule has 0 atom stereocenters. The van der Waals surface area contributed by atoms with Gasteiger partial charge in [0.1, 0.15) is 5.75 Å². The molecule has 15 heavy (non-hydrogen) atoms. The number of oxime groups is 1. The second-order valence-electron chi connectivity index (χ2n) is 2.43. The van der Waals surface area contributed by atoms with Gasteiger partial charge in [0.15, 0.2) is 5.17 Å². The van der Waals surface area contributed by atoms with Crippen molar-refractivity contribution in [2.45, 2.75) is 6.36 Å². The van der Waals surface area contributed by atoms with Gasteiger partial charge in [0.25, 0.3) is 0 Å². The Morgan fingerprint density at radius 3 is 2.47 bits per heavy atom. The SMILES string of the molecule is O/N=C(\Cl)c1ccccc1OC(F)(F)F. The predicted molar refractivity (Wildman–Crippen MR) is 47.3 cm³/mol. The molecule has 0 saturated heterocycles. The summed E-state index contributed by atoms with van der Waals surface area (Å²) in [6.07, 6.45) is -4.82. The van der Waals surface area contributed by atoms with Gasteiger partial charge in [-0.05, 0) is 12.1 Å². The maximum atomic E-state index is 11.9. The average molecular weight is 240 g/mol. The number of nitrogens with zero attached hydrogens (tertiary/aromatic N) is 1. The zero-order valence-corrected chi connectivity index (χ0v) is 7.88. The Bertz CT molecular complexity index is 378. The van der Waals surface area contributed by atoms with Crippen molar-refractivity contribution in [3.63, 3.8) is 0 Å². The fourth-order valence-corrected chi connectivity index (χ4v) is 1.06. The minimum absolute atomic E-state index is 0.140. The van der Waals surface area contributed by atoms with E-state index in [1.54, 1.807) is 0 Å². The molecular weight excluding hydrogens is 235 g/mol. The van der Waals surface area contributed by atoms with Gasteiger partial charge < -0.3 is 9.94 Å². The number of para-hydroxylation sites is 1. The van der Waals surface area contributed by atoms with Crippen LogP contribution < -0.4 is 4.74 Å². The Kier molecular flexibility index (Phi) is 3.41. The van der Waals surface area contributed by atoms with Gasteiger partial charge in [-0.15, -0.1) is 13.2 Å². The van der Waals surface area contributed by atoms with Crippen LogP contribution >= 0.6 is 11.6 Å². The molecule has 0 bridgehead atoms. The monoisotopic (exact) mass is 239 g/mol. The molecule has 1 N–H and O–H groups in total. The van der Waals surface area contributed by atoms with Gasteiger partial charge in [0, 0.05) is 0 Å². The third-order valence-electron chi connectivity index (χ3n) is 1.42. The average Bonchev–Trinajstić information content (AvgIpc) is 2.15. The van der Waals surface area contributed by atoms with Crippen LogP contribution in [0.25, 0.3) is 0 Å². The van der Waals surface area contributed by atoms with E-state index in [0.717, 1.165) is 6.07 Å². The quantitative estimate of drug-likeness (QED) is 0.490. The molecule has 0 heterocycles. The molecule has 1 aromatic rings. The number of benzene rings is 1. The highest BCUT2D eigenvalue weighted by molar-refractivity contribution is 6.69. The van der Waals surface area contributed by atoms with Crippen LogP contribution in [0.4, 0.5) is 13.2 Å². The lowest BCUT2D eigenvalue weighted by atomic mass is 10.2. The summed E-state index contributed by atoms with van der Waals surface area (Å²) in [6, 6.07) is 5.08. The smallest absolute Gasteiger partial charge is 0.410 e. The summed E-state index contributed by atoms with van der Waals surface area (Å²) in [5, 5.41) is 10.4. The van der Waals surface area contributed by atoms with E-state index >= 15 is 0 Å². The molecule has 0 aliphatic rings. The van der Waals surface area contributed by atoms with Gasteiger partial charge in [-0.3, -0.25) is 0 Å². The number of hydrogen-bond acceptors (Lipinski definition) is 3. The summed E-state index contributed by atoms with van der Waals surface area (Å²) in [7, 11) is 0. The molecule has 1 rings (SSSR count). The molecule has 0 aliphatic carbocycles. The number of ether oxygens (including phenoxy) is 1. The van der Waals surface area contributed by atoms with Crippen LogP contribution in [-0.4, -0.2) is 16.7 Å². The highest BCUT2D eigenvalue weighted by Gasteiger charge is 2.32. The molecule has 0 aliphatic heterocycles. The van der Waals surface area contributed by atoms with E-state index in [2.05, 4.69) is 9.89 Å². The second kappa shape index (κ2) is 4.39. The molecule has 3 nitrogen and oxygen atoms in total. The molecule has 1 aromatic carbocycles. The van der Waals surface area contributed by atoms with Gasteiger partial charge in [-0.2, -0.15) is 0 Å². The van der Waals surface area contributed by atoms with Crippen molar-refractivity contribution in [3.8, 4) is 5.75 Å². The predicted octanol–water partition coefficient (Wildman–Crippen LogP) is 2.96. The van der Waals surface area contributed by atoms with Crippen molar-refractivity contribution in [2.24, 2.45) is 5.16 Å². The van der Waals surface area contributed by atoms with Crippen molar-refractivity contribution in [3.05, 3.63) is 29.8 Å².